The zero-order chi connectivity index (χ0) is 18.9. The fourth-order valence-electron chi connectivity index (χ4n) is 3.05. The van der Waals surface area contributed by atoms with Crippen molar-refractivity contribution in [3.8, 4) is 0 Å². The van der Waals surface area contributed by atoms with E-state index in [1.165, 1.54) is 18.3 Å². The molecule has 2 N–H and O–H groups in total. The second-order valence-electron chi connectivity index (χ2n) is 6.31. The van der Waals surface area contributed by atoms with Crippen molar-refractivity contribution in [2.75, 3.05) is 18.4 Å². The average Bonchev–Trinajstić information content (AvgIpc) is 3.03. The Morgan fingerprint density at radius 1 is 1.19 bits per heavy atom. The summed E-state index contributed by atoms with van der Waals surface area (Å²) in [6, 6.07) is 3.13. The van der Waals surface area contributed by atoms with Gasteiger partial charge in [-0.15, -0.1) is 0 Å². The smallest absolute Gasteiger partial charge is 0.327 e. The summed E-state index contributed by atoms with van der Waals surface area (Å²) in [5.74, 6) is 1.38. The molecule has 0 unspecified atom stereocenters. The molecular weight excluding hydrogens is 377 g/mol. The number of amidine groups is 1. The molecule has 2 aromatic heterocycles. The van der Waals surface area contributed by atoms with Gasteiger partial charge in [-0.25, -0.2) is 4.98 Å². The fourth-order valence-corrected chi connectivity index (χ4v) is 3.93. The number of nitrogens with one attached hydrogen (secondary N) is 2. The normalized spacial score (nSPS) is 19.1. The lowest BCUT2D eigenvalue weighted by Crippen LogP contribution is -2.31. The highest BCUT2D eigenvalue weighted by Crippen LogP contribution is 2.38. The highest BCUT2D eigenvalue weighted by Gasteiger charge is 2.35. The van der Waals surface area contributed by atoms with Crippen LogP contribution in [-0.4, -0.2) is 39.9 Å². The van der Waals surface area contributed by atoms with E-state index in [0.29, 0.717) is 17.3 Å². The van der Waals surface area contributed by atoms with E-state index in [-0.39, 0.29) is 10.9 Å². The van der Waals surface area contributed by atoms with Gasteiger partial charge in [0, 0.05) is 11.1 Å². The topological polar surface area (TPSA) is 75.1 Å². The molecule has 0 bridgehead atoms. The zero-order valence-electron chi connectivity index (χ0n) is 14.3. The van der Waals surface area contributed by atoms with Crippen LogP contribution in [0.4, 0.5) is 19.0 Å². The average molecular weight is 394 g/mol. The van der Waals surface area contributed by atoms with E-state index in [0.717, 1.165) is 55.4 Å². The summed E-state index contributed by atoms with van der Waals surface area (Å²) in [6.07, 6.45) is 0.659. The lowest BCUT2D eigenvalue weighted by molar-refractivity contribution is -0.143. The molecule has 10 heteroatoms. The van der Waals surface area contributed by atoms with E-state index in [2.05, 4.69) is 25.6 Å². The SMILES string of the molecule is FC(F)(F)c1ncccc1Sc1cnc2c(n1)NC(=NC1CCNCC1)C2. The molecular formula is C17H17F3N6S. The zero-order valence-corrected chi connectivity index (χ0v) is 15.1. The van der Waals surface area contributed by atoms with Gasteiger partial charge in [0.25, 0.3) is 0 Å². The minimum Gasteiger partial charge on any atom is -0.327 e. The number of pyridine rings is 1. The van der Waals surface area contributed by atoms with Crippen LogP contribution < -0.4 is 10.6 Å². The van der Waals surface area contributed by atoms with Crippen LogP contribution in [0.1, 0.15) is 24.2 Å². The van der Waals surface area contributed by atoms with Gasteiger partial charge in [0.15, 0.2) is 11.5 Å². The van der Waals surface area contributed by atoms with Gasteiger partial charge in [0.05, 0.1) is 24.4 Å². The van der Waals surface area contributed by atoms with E-state index in [1.807, 2.05) is 0 Å². The van der Waals surface area contributed by atoms with Crippen molar-refractivity contribution in [1.29, 1.82) is 0 Å². The molecule has 1 saturated heterocycles. The van der Waals surface area contributed by atoms with Gasteiger partial charge >= 0.3 is 6.18 Å². The number of fused-ring (bicyclic) bond motifs is 1. The van der Waals surface area contributed by atoms with Crippen molar-refractivity contribution < 1.29 is 13.2 Å². The molecule has 0 aliphatic carbocycles. The first-order valence-corrected chi connectivity index (χ1v) is 9.41. The summed E-state index contributed by atoms with van der Waals surface area (Å²) in [7, 11) is 0. The van der Waals surface area contributed by atoms with Crippen LogP contribution in [0.5, 0.6) is 0 Å². The summed E-state index contributed by atoms with van der Waals surface area (Å²) in [5, 5.41) is 6.84. The highest BCUT2D eigenvalue weighted by atomic mass is 32.2. The van der Waals surface area contributed by atoms with E-state index in [4.69, 9.17) is 4.99 Å². The Bertz CT molecular complexity index is 864. The number of nitrogens with zero attached hydrogens (tertiary/aromatic N) is 4. The molecule has 4 heterocycles. The van der Waals surface area contributed by atoms with Gasteiger partial charge in [-0.2, -0.15) is 13.2 Å². The lowest BCUT2D eigenvalue weighted by atomic mass is 10.1. The van der Waals surface area contributed by atoms with Gasteiger partial charge in [-0.05, 0) is 38.1 Å². The Hall–Kier alpha value is -2.20. The van der Waals surface area contributed by atoms with Crippen molar-refractivity contribution in [1.82, 2.24) is 20.3 Å². The summed E-state index contributed by atoms with van der Waals surface area (Å²) >= 11 is 0.900. The molecule has 0 atom stereocenters. The van der Waals surface area contributed by atoms with Crippen molar-refractivity contribution in [2.24, 2.45) is 4.99 Å². The van der Waals surface area contributed by atoms with Crippen molar-refractivity contribution in [2.45, 2.75) is 41.4 Å². The second kappa shape index (κ2) is 7.43. The monoisotopic (exact) mass is 394 g/mol. The number of hydrogen-bond acceptors (Lipinski definition) is 6. The number of piperidine rings is 1. The van der Waals surface area contributed by atoms with Crippen LogP contribution in [0.15, 0.2) is 39.4 Å². The van der Waals surface area contributed by atoms with Gasteiger partial charge in [0.1, 0.15) is 10.9 Å². The summed E-state index contributed by atoms with van der Waals surface area (Å²) < 4.78 is 39.3. The van der Waals surface area contributed by atoms with E-state index < -0.39 is 11.9 Å². The number of hydrogen-bond donors (Lipinski definition) is 2. The lowest BCUT2D eigenvalue weighted by Gasteiger charge is -2.19. The molecule has 0 radical (unpaired) electrons. The molecule has 0 aromatic carbocycles. The maximum absolute atomic E-state index is 13.1. The first-order chi connectivity index (χ1) is 13.0. The maximum Gasteiger partial charge on any atom is 0.434 e. The Morgan fingerprint density at radius 2 is 2.00 bits per heavy atom. The van der Waals surface area contributed by atoms with E-state index >= 15 is 0 Å². The third kappa shape index (κ3) is 4.22. The second-order valence-corrected chi connectivity index (χ2v) is 7.37. The summed E-state index contributed by atoms with van der Waals surface area (Å²) in [6.45, 7) is 1.91. The van der Waals surface area contributed by atoms with E-state index in [9.17, 15) is 13.2 Å². The molecule has 1 fully saturated rings. The third-order valence-electron chi connectivity index (χ3n) is 4.32. The molecule has 142 valence electrons. The Balaban J connectivity index is 1.51. The van der Waals surface area contributed by atoms with Gasteiger partial charge in [0.2, 0.25) is 0 Å². The molecule has 6 nitrogen and oxygen atoms in total. The minimum atomic E-state index is -4.51. The number of aliphatic imine (C=N–C) groups is 1. The first-order valence-electron chi connectivity index (χ1n) is 8.59. The third-order valence-corrected chi connectivity index (χ3v) is 5.28. The van der Waals surface area contributed by atoms with Crippen LogP contribution in [0, 0.1) is 0 Å². The van der Waals surface area contributed by atoms with E-state index in [1.54, 1.807) is 0 Å². The Morgan fingerprint density at radius 3 is 2.78 bits per heavy atom. The number of alkyl halides is 3. The predicted molar refractivity (Wildman–Crippen MR) is 96.0 cm³/mol. The highest BCUT2D eigenvalue weighted by molar-refractivity contribution is 7.99. The summed E-state index contributed by atoms with van der Waals surface area (Å²) in [5.41, 5.74) is -0.160. The maximum atomic E-state index is 13.1. The fraction of sp³-hybridized carbons (Fsp3) is 0.412. The van der Waals surface area contributed by atoms with Crippen LogP contribution >= 0.6 is 11.8 Å². The minimum absolute atomic E-state index is 0.000781. The largest absolute Gasteiger partial charge is 0.434 e. The van der Waals surface area contributed by atoms with Crippen molar-refractivity contribution in [3.63, 3.8) is 0 Å². The van der Waals surface area contributed by atoms with Gasteiger partial charge in [-0.3, -0.25) is 15.0 Å². The van der Waals surface area contributed by atoms with Crippen molar-refractivity contribution in [3.05, 3.63) is 35.9 Å². The molecule has 4 rings (SSSR count). The number of halogens is 3. The van der Waals surface area contributed by atoms with Crippen LogP contribution in [0.2, 0.25) is 0 Å². The standard InChI is InChI=1S/C17H17F3N6S/c18-17(19,20)15-12(2-1-5-22-15)27-14-9-23-11-8-13(25-16(11)26-14)24-10-3-6-21-7-4-10/h1-2,5,9-10,21H,3-4,6-8H2,(H,24,25,26). The van der Waals surface area contributed by atoms with Crippen LogP contribution in [-0.2, 0) is 12.6 Å². The Kier molecular flexibility index (Phi) is 5.00. The number of rotatable bonds is 3. The molecule has 0 amide bonds. The molecule has 0 saturated carbocycles. The first kappa shape index (κ1) is 18.2. The number of aromatic nitrogens is 3. The van der Waals surface area contributed by atoms with Crippen LogP contribution in [0.3, 0.4) is 0 Å². The molecule has 2 aliphatic heterocycles. The predicted octanol–water partition coefficient (Wildman–Crippen LogP) is 3.16. The van der Waals surface area contributed by atoms with Gasteiger partial charge in [-0.1, -0.05) is 11.8 Å². The quantitative estimate of drug-likeness (QED) is 0.833. The summed E-state index contributed by atoms with van der Waals surface area (Å²) in [4.78, 5) is 17.0. The number of anilines is 1. The van der Waals surface area contributed by atoms with Gasteiger partial charge < -0.3 is 10.6 Å². The molecule has 2 aromatic rings. The molecule has 27 heavy (non-hydrogen) atoms. The Labute approximate surface area is 158 Å². The molecule has 0 spiro atoms. The molecule has 2 aliphatic rings. The van der Waals surface area contributed by atoms with Crippen molar-refractivity contribution >= 4 is 23.4 Å². The van der Waals surface area contributed by atoms with Crippen LogP contribution in [0.25, 0.3) is 0 Å².